The summed E-state index contributed by atoms with van der Waals surface area (Å²) in [6.45, 7) is 5.99. The van der Waals surface area contributed by atoms with E-state index in [4.69, 9.17) is 0 Å². The maximum Gasteiger partial charge on any atom is 0.306 e. The van der Waals surface area contributed by atoms with Gasteiger partial charge in [-0.25, -0.2) is 0 Å². The van der Waals surface area contributed by atoms with Gasteiger partial charge in [0.25, 0.3) is 10.2 Å². The molecule has 114 valence electrons. The molecule has 0 amide bonds. The van der Waals surface area contributed by atoms with Gasteiger partial charge in [0.05, 0.1) is 13.5 Å². The number of methoxy groups -OCH3 is 1. The molecule has 0 saturated carbocycles. The van der Waals surface area contributed by atoms with E-state index in [1.54, 1.807) is 0 Å². The van der Waals surface area contributed by atoms with Gasteiger partial charge < -0.3 is 4.74 Å². The fraction of sp³-hybridized carbons (Fsp3) is 0.917. The van der Waals surface area contributed by atoms with Gasteiger partial charge in [-0.15, -0.1) is 0 Å². The number of carbonyl (C=O) groups is 1. The molecule has 19 heavy (non-hydrogen) atoms. The molecule has 6 nitrogen and oxygen atoms in total. The number of carbonyl (C=O) groups excluding carboxylic acids is 1. The molecule has 7 heteroatoms. The summed E-state index contributed by atoms with van der Waals surface area (Å²) in [6, 6.07) is 0. The fourth-order valence-electron chi connectivity index (χ4n) is 1.79. The van der Waals surface area contributed by atoms with Gasteiger partial charge in [-0.1, -0.05) is 20.8 Å². The maximum atomic E-state index is 12.2. The van der Waals surface area contributed by atoms with Gasteiger partial charge in [-0.3, -0.25) is 4.79 Å². The van der Waals surface area contributed by atoms with Gasteiger partial charge in [0.2, 0.25) is 0 Å². The van der Waals surface area contributed by atoms with Gasteiger partial charge in [-0.2, -0.15) is 17.4 Å². The van der Waals surface area contributed by atoms with Crippen LogP contribution < -0.4 is 4.72 Å². The minimum atomic E-state index is -3.58. The zero-order valence-electron chi connectivity index (χ0n) is 12.5. The van der Waals surface area contributed by atoms with Crippen molar-refractivity contribution in [2.45, 2.75) is 52.0 Å². The van der Waals surface area contributed by atoms with Crippen LogP contribution in [0, 0.1) is 0 Å². The summed E-state index contributed by atoms with van der Waals surface area (Å²) < 4.78 is 32.8. The highest BCUT2D eigenvalue weighted by atomic mass is 32.2. The highest BCUT2D eigenvalue weighted by Crippen LogP contribution is 2.21. The SMILES string of the molecule is CCC(CC)(CC)NS(=O)(=O)N(C)CCC(=O)OC. The van der Waals surface area contributed by atoms with Crippen LogP contribution in [-0.4, -0.2) is 44.9 Å². The Hall–Kier alpha value is -0.660. The number of hydrogen-bond donors (Lipinski definition) is 1. The second-order valence-corrected chi connectivity index (χ2v) is 6.37. The second kappa shape index (κ2) is 7.81. The first-order valence-corrected chi connectivity index (χ1v) is 8.03. The molecular formula is C12H26N2O4S. The normalized spacial score (nSPS) is 12.7. The van der Waals surface area contributed by atoms with E-state index in [1.807, 2.05) is 20.8 Å². The summed E-state index contributed by atoms with van der Waals surface area (Å²) in [5, 5.41) is 0. The van der Waals surface area contributed by atoms with Crippen molar-refractivity contribution in [3.05, 3.63) is 0 Å². The number of nitrogens with one attached hydrogen (secondary N) is 1. The predicted octanol–water partition coefficient (Wildman–Crippen LogP) is 1.28. The van der Waals surface area contributed by atoms with Crippen LogP contribution in [0.1, 0.15) is 46.5 Å². The van der Waals surface area contributed by atoms with Gasteiger partial charge in [0.1, 0.15) is 0 Å². The Morgan fingerprint density at radius 3 is 2.05 bits per heavy atom. The van der Waals surface area contributed by atoms with Crippen molar-refractivity contribution in [2.24, 2.45) is 0 Å². The molecule has 0 aromatic heterocycles. The molecule has 0 radical (unpaired) electrons. The molecule has 0 aromatic carbocycles. The van der Waals surface area contributed by atoms with E-state index in [9.17, 15) is 13.2 Å². The van der Waals surface area contributed by atoms with Crippen molar-refractivity contribution >= 4 is 16.2 Å². The number of nitrogens with zero attached hydrogens (tertiary/aromatic N) is 1. The summed E-state index contributed by atoms with van der Waals surface area (Å²) in [5.41, 5.74) is -0.418. The molecule has 0 heterocycles. The molecular weight excluding hydrogens is 268 g/mol. The van der Waals surface area contributed by atoms with E-state index in [2.05, 4.69) is 9.46 Å². The van der Waals surface area contributed by atoms with E-state index in [-0.39, 0.29) is 13.0 Å². The Morgan fingerprint density at radius 2 is 1.68 bits per heavy atom. The zero-order chi connectivity index (χ0) is 15.1. The molecule has 0 aromatic rings. The predicted molar refractivity (Wildman–Crippen MR) is 74.9 cm³/mol. The summed E-state index contributed by atoms with van der Waals surface area (Å²) in [4.78, 5) is 11.0. The third-order valence-electron chi connectivity index (χ3n) is 3.64. The summed E-state index contributed by atoms with van der Waals surface area (Å²) in [6.07, 6.45) is 2.23. The summed E-state index contributed by atoms with van der Waals surface area (Å²) in [5.74, 6) is -0.421. The zero-order valence-corrected chi connectivity index (χ0v) is 13.3. The van der Waals surface area contributed by atoms with E-state index < -0.39 is 21.7 Å². The average molecular weight is 294 g/mol. The molecule has 0 aliphatic heterocycles. The number of hydrogen-bond acceptors (Lipinski definition) is 4. The number of ether oxygens (including phenoxy) is 1. The van der Waals surface area contributed by atoms with Crippen molar-refractivity contribution in [3.8, 4) is 0 Å². The highest BCUT2D eigenvalue weighted by Gasteiger charge is 2.31. The third kappa shape index (κ3) is 5.46. The molecule has 0 fully saturated rings. The lowest BCUT2D eigenvalue weighted by Crippen LogP contribution is -2.52. The summed E-state index contributed by atoms with van der Waals surface area (Å²) in [7, 11) is -0.844. The molecule has 0 aliphatic carbocycles. The highest BCUT2D eigenvalue weighted by molar-refractivity contribution is 7.87. The van der Waals surface area contributed by atoms with E-state index >= 15 is 0 Å². The largest absolute Gasteiger partial charge is 0.469 e. The number of esters is 1. The average Bonchev–Trinajstić information content (AvgIpc) is 2.41. The van der Waals surface area contributed by atoms with Crippen molar-refractivity contribution in [1.82, 2.24) is 9.03 Å². The Labute approximate surface area is 116 Å². The van der Waals surface area contributed by atoms with Crippen molar-refractivity contribution in [1.29, 1.82) is 0 Å². The van der Waals surface area contributed by atoms with E-state index in [0.29, 0.717) is 0 Å². The van der Waals surface area contributed by atoms with Crippen molar-refractivity contribution < 1.29 is 17.9 Å². The standard InChI is InChI=1S/C12H26N2O4S/c1-6-12(7-2,8-3)13-19(16,17)14(4)10-9-11(15)18-5/h13H,6-10H2,1-5H3. The van der Waals surface area contributed by atoms with Crippen molar-refractivity contribution in [3.63, 3.8) is 0 Å². The molecule has 0 bridgehead atoms. The van der Waals surface area contributed by atoms with Gasteiger partial charge in [0, 0.05) is 19.1 Å². The van der Waals surface area contributed by atoms with Gasteiger partial charge in [-0.05, 0) is 19.3 Å². The topological polar surface area (TPSA) is 75.7 Å². The molecule has 1 N–H and O–H groups in total. The first-order valence-electron chi connectivity index (χ1n) is 6.59. The quantitative estimate of drug-likeness (QED) is 0.650. The van der Waals surface area contributed by atoms with Crippen LogP contribution in [0.25, 0.3) is 0 Å². The van der Waals surface area contributed by atoms with Crippen LogP contribution in [0.5, 0.6) is 0 Å². The number of rotatable bonds is 9. The van der Waals surface area contributed by atoms with Crippen LogP contribution in [0.4, 0.5) is 0 Å². The fourth-order valence-corrected chi connectivity index (χ4v) is 3.26. The monoisotopic (exact) mass is 294 g/mol. The first-order chi connectivity index (χ1) is 8.76. The van der Waals surface area contributed by atoms with Crippen LogP contribution >= 0.6 is 0 Å². The molecule has 0 aliphatic rings. The molecule has 0 spiro atoms. The van der Waals surface area contributed by atoms with Crippen LogP contribution in [-0.2, 0) is 19.7 Å². The van der Waals surface area contributed by atoms with E-state index in [1.165, 1.54) is 14.2 Å². The van der Waals surface area contributed by atoms with Crippen LogP contribution in [0.2, 0.25) is 0 Å². The first kappa shape index (κ1) is 18.3. The molecule has 0 saturated heterocycles. The Kier molecular flexibility index (Phi) is 7.54. The van der Waals surface area contributed by atoms with Gasteiger partial charge in [0.15, 0.2) is 0 Å². The Morgan fingerprint density at radius 1 is 1.21 bits per heavy atom. The minimum absolute atomic E-state index is 0.0469. The lowest BCUT2D eigenvalue weighted by Gasteiger charge is -2.33. The Balaban J connectivity index is 4.73. The second-order valence-electron chi connectivity index (χ2n) is 4.60. The van der Waals surface area contributed by atoms with Crippen LogP contribution in [0.15, 0.2) is 0 Å². The van der Waals surface area contributed by atoms with Crippen LogP contribution in [0.3, 0.4) is 0 Å². The lowest BCUT2D eigenvalue weighted by atomic mass is 9.91. The van der Waals surface area contributed by atoms with Crippen molar-refractivity contribution in [2.75, 3.05) is 20.7 Å². The Bertz CT molecular complexity index is 369. The summed E-state index contributed by atoms with van der Waals surface area (Å²) >= 11 is 0. The third-order valence-corrected chi connectivity index (χ3v) is 5.34. The lowest BCUT2D eigenvalue weighted by molar-refractivity contribution is -0.140. The van der Waals surface area contributed by atoms with E-state index in [0.717, 1.165) is 23.6 Å². The maximum absolute atomic E-state index is 12.2. The minimum Gasteiger partial charge on any atom is -0.469 e. The molecule has 0 unspecified atom stereocenters. The molecule has 0 rings (SSSR count). The van der Waals surface area contributed by atoms with Gasteiger partial charge >= 0.3 is 5.97 Å². The smallest absolute Gasteiger partial charge is 0.306 e. The molecule has 0 atom stereocenters.